The first kappa shape index (κ1) is 19.7. The molecule has 0 N–H and O–H groups in total. The lowest BCUT2D eigenvalue weighted by Crippen LogP contribution is -2.10. The van der Waals surface area contributed by atoms with Gasteiger partial charge in [0.05, 0.1) is 0 Å². The molecule has 0 spiro atoms. The van der Waals surface area contributed by atoms with Crippen LogP contribution in [0.3, 0.4) is 0 Å². The Bertz CT molecular complexity index is 255. The summed E-state index contributed by atoms with van der Waals surface area (Å²) in [6, 6.07) is 0. The van der Waals surface area contributed by atoms with Crippen LogP contribution in [0.25, 0.3) is 0 Å². The van der Waals surface area contributed by atoms with E-state index in [2.05, 4.69) is 0 Å². The molecule has 0 heterocycles. The molecule has 1 saturated carbocycles. The van der Waals surface area contributed by atoms with Gasteiger partial charge in [-0.1, -0.05) is 103 Å². The molecule has 0 bridgehead atoms. The summed E-state index contributed by atoms with van der Waals surface area (Å²) in [6.45, 7) is 1.97. The Morgan fingerprint density at radius 1 is 0.727 bits per heavy atom. The van der Waals surface area contributed by atoms with Crippen molar-refractivity contribution in [2.75, 3.05) is 0 Å². The molecule has 0 aromatic heterocycles. The lowest BCUT2D eigenvalue weighted by molar-refractivity contribution is -0.118. The summed E-state index contributed by atoms with van der Waals surface area (Å²) in [7, 11) is 0. The molecule has 1 aliphatic carbocycles. The molecule has 22 heavy (non-hydrogen) atoms. The summed E-state index contributed by atoms with van der Waals surface area (Å²) in [5.41, 5.74) is 0. The second-order valence-corrected chi connectivity index (χ2v) is 7.47. The molecule has 0 aliphatic heterocycles. The van der Waals surface area contributed by atoms with Crippen molar-refractivity contribution >= 4 is 5.78 Å². The van der Waals surface area contributed by atoms with Crippen molar-refractivity contribution in [1.82, 2.24) is 0 Å². The Hall–Kier alpha value is -0.330. The number of unbranched alkanes of at least 4 members (excludes halogenated alkanes) is 11. The van der Waals surface area contributed by atoms with Crippen molar-refractivity contribution in [3.63, 3.8) is 0 Å². The van der Waals surface area contributed by atoms with Crippen LogP contribution in [-0.2, 0) is 4.79 Å². The minimum atomic E-state index is 0.438. The predicted molar refractivity (Wildman–Crippen MR) is 97.3 cm³/mol. The summed E-state index contributed by atoms with van der Waals surface area (Å²) in [5, 5.41) is 0. The Balaban J connectivity index is 1.65. The normalized spacial score (nSPS) is 15.0. The standard InChI is InChI=1S/C21H40O/c1-2-21(22)19-14-12-10-8-6-4-3-5-7-9-11-13-16-20-17-15-18-20/h20H,2-19H2,1H3. The fourth-order valence-corrected chi connectivity index (χ4v) is 3.48. The molecule has 0 atom stereocenters. The number of carbonyl (C=O) groups is 1. The number of hydrogen-bond donors (Lipinski definition) is 0. The Morgan fingerprint density at radius 2 is 1.18 bits per heavy atom. The molecule has 0 aromatic rings. The van der Waals surface area contributed by atoms with Crippen LogP contribution in [0, 0.1) is 5.92 Å². The van der Waals surface area contributed by atoms with Gasteiger partial charge >= 0.3 is 0 Å². The summed E-state index contributed by atoms with van der Waals surface area (Å²) in [4.78, 5) is 11.2. The van der Waals surface area contributed by atoms with Crippen molar-refractivity contribution in [3.8, 4) is 0 Å². The van der Waals surface area contributed by atoms with Gasteiger partial charge in [0.2, 0.25) is 0 Å². The zero-order chi connectivity index (χ0) is 15.9. The van der Waals surface area contributed by atoms with Gasteiger partial charge in [-0.2, -0.15) is 0 Å². The third-order valence-electron chi connectivity index (χ3n) is 5.44. The van der Waals surface area contributed by atoms with E-state index < -0.39 is 0 Å². The van der Waals surface area contributed by atoms with Gasteiger partial charge < -0.3 is 0 Å². The molecule has 0 radical (unpaired) electrons. The summed E-state index contributed by atoms with van der Waals surface area (Å²) in [5.74, 6) is 1.55. The molecule has 1 aliphatic rings. The van der Waals surface area contributed by atoms with E-state index in [0.29, 0.717) is 5.78 Å². The van der Waals surface area contributed by atoms with Gasteiger partial charge in [0.25, 0.3) is 0 Å². The third-order valence-corrected chi connectivity index (χ3v) is 5.44. The zero-order valence-electron chi connectivity index (χ0n) is 15.2. The van der Waals surface area contributed by atoms with Crippen molar-refractivity contribution in [3.05, 3.63) is 0 Å². The maximum Gasteiger partial charge on any atom is 0.132 e. The number of carbonyl (C=O) groups excluding carboxylic acids is 1. The molecule has 0 saturated heterocycles. The largest absolute Gasteiger partial charge is 0.300 e. The highest BCUT2D eigenvalue weighted by atomic mass is 16.1. The third kappa shape index (κ3) is 11.3. The highest BCUT2D eigenvalue weighted by Gasteiger charge is 2.15. The Labute approximate surface area is 139 Å². The van der Waals surface area contributed by atoms with Crippen LogP contribution in [0.2, 0.25) is 0 Å². The van der Waals surface area contributed by atoms with Crippen LogP contribution in [0.15, 0.2) is 0 Å². The van der Waals surface area contributed by atoms with E-state index in [1.165, 1.54) is 96.3 Å². The molecule has 0 unspecified atom stereocenters. The smallest absolute Gasteiger partial charge is 0.132 e. The van der Waals surface area contributed by atoms with E-state index in [9.17, 15) is 4.79 Å². The van der Waals surface area contributed by atoms with Gasteiger partial charge in [0, 0.05) is 12.8 Å². The second-order valence-electron chi connectivity index (χ2n) is 7.47. The Morgan fingerprint density at radius 3 is 1.59 bits per heavy atom. The lowest BCUT2D eigenvalue weighted by Gasteiger charge is -2.24. The van der Waals surface area contributed by atoms with Gasteiger partial charge in [-0.15, -0.1) is 0 Å². The molecule has 1 nitrogen and oxygen atoms in total. The van der Waals surface area contributed by atoms with Crippen LogP contribution in [0.5, 0.6) is 0 Å². The topological polar surface area (TPSA) is 17.1 Å². The number of ketones is 1. The average molecular weight is 309 g/mol. The maximum atomic E-state index is 11.2. The van der Waals surface area contributed by atoms with Gasteiger partial charge in [0.15, 0.2) is 0 Å². The van der Waals surface area contributed by atoms with Crippen LogP contribution in [0.1, 0.15) is 122 Å². The monoisotopic (exact) mass is 308 g/mol. The van der Waals surface area contributed by atoms with Crippen molar-refractivity contribution in [1.29, 1.82) is 0 Å². The van der Waals surface area contributed by atoms with Crippen LogP contribution >= 0.6 is 0 Å². The minimum Gasteiger partial charge on any atom is -0.300 e. The first-order valence-corrected chi connectivity index (χ1v) is 10.3. The molecule has 130 valence electrons. The SMILES string of the molecule is CCC(=O)CCCCCCCCCCCCCCC1CCC1. The van der Waals surface area contributed by atoms with Gasteiger partial charge in [-0.05, 0) is 12.3 Å². The van der Waals surface area contributed by atoms with E-state index in [1.54, 1.807) is 0 Å². The minimum absolute atomic E-state index is 0.438. The summed E-state index contributed by atoms with van der Waals surface area (Å²) in [6.07, 6.45) is 24.3. The van der Waals surface area contributed by atoms with Crippen LogP contribution in [-0.4, -0.2) is 5.78 Å². The average Bonchev–Trinajstić information content (AvgIpc) is 2.49. The summed E-state index contributed by atoms with van der Waals surface area (Å²) < 4.78 is 0. The molecule has 1 heteroatoms. The molecule has 0 aromatic carbocycles. The molecule has 1 fully saturated rings. The summed E-state index contributed by atoms with van der Waals surface area (Å²) >= 11 is 0. The fourth-order valence-electron chi connectivity index (χ4n) is 3.48. The molecule has 1 rings (SSSR count). The zero-order valence-corrected chi connectivity index (χ0v) is 15.2. The second kappa shape index (κ2) is 14.3. The van der Waals surface area contributed by atoms with E-state index in [0.717, 1.165) is 25.2 Å². The first-order valence-electron chi connectivity index (χ1n) is 10.3. The van der Waals surface area contributed by atoms with Crippen LogP contribution < -0.4 is 0 Å². The van der Waals surface area contributed by atoms with Gasteiger partial charge in [-0.25, -0.2) is 0 Å². The maximum absolute atomic E-state index is 11.2. The van der Waals surface area contributed by atoms with Gasteiger partial charge in [-0.3, -0.25) is 4.79 Å². The fraction of sp³-hybridized carbons (Fsp3) is 0.952. The number of rotatable bonds is 16. The highest BCUT2D eigenvalue weighted by molar-refractivity contribution is 5.77. The number of hydrogen-bond acceptors (Lipinski definition) is 1. The Kier molecular flexibility index (Phi) is 12.8. The molecule has 0 amide bonds. The predicted octanol–water partition coefficient (Wildman–Crippen LogP) is 7.23. The number of Topliss-reactive ketones (excluding diaryl/α,β-unsaturated/α-hetero) is 1. The molecular formula is C21H40O. The van der Waals surface area contributed by atoms with E-state index in [-0.39, 0.29) is 0 Å². The quantitative estimate of drug-likeness (QED) is 0.275. The van der Waals surface area contributed by atoms with Crippen molar-refractivity contribution < 1.29 is 4.79 Å². The van der Waals surface area contributed by atoms with E-state index in [4.69, 9.17) is 0 Å². The van der Waals surface area contributed by atoms with Gasteiger partial charge in [0.1, 0.15) is 5.78 Å². The van der Waals surface area contributed by atoms with Crippen molar-refractivity contribution in [2.24, 2.45) is 5.92 Å². The van der Waals surface area contributed by atoms with Crippen LogP contribution in [0.4, 0.5) is 0 Å². The first-order chi connectivity index (χ1) is 10.8. The van der Waals surface area contributed by atoms with E-state index >= 15 is 0 Å². The highest BCUT2D eigenvalue weighted by Crippen LogP contribution is 2.31. The van der Waals surface area contributed by atoms with Crippen molar-refractivity contribution in [2.45, 2.75) is 122 Å². The molecular weight excluding hydrogens is 268 g/mol. The lowest BCUT2D eigenvalue weighted by atomic mass is 9.81. The van der Waals surface area contributed by atoms with E-state index in [1.807, 2.05) is 6.92 Å².